The van der Waals surface area contributed by atoms with Crippen LogP contribution in [0.5, 0.6) is 11.5 Å². The number of nitrogens with one attached hydrogen (secondary N) is 1. The number of para-hydroxylation sites is 2. The lowest BCUT2D eigenvalue weighted by Gasteiger charge is -2.37. The Morgan fingerprint density at radius 3 is 2.58 bits per heavy atom. The molecule has 202 valence electrons. The first kappa shape index (κ1) is 27.5. The Balaban J connectivity index is 1.49. The molecule has 0 aliphatic carbocycles. The van der Waals surface area contributed by atoms with Gasteiger partial charge in [0.25, 0.3) is 0 Å². The summed E-state index contributed by atoms with van der Waals surface area (Å²) in [6.07, 6.45) is 1.41. The minimum absolute atomic E-state index is 0.0357. The Labute approximate surface area is 228 Å². The summed E-state index contributed by atoms with van der Waals surface area (Å²) in [6, 6.07) is 16.6. The van der Waals surface area contributed by atoms with Gasteiger partial charge in [0.1, 0.15) is 13.2 Å². The Kier molecular flexibility index (Phi) is 9.62. The number of carbonyl (C=O) groups excluding carboxylic acids is 2. The molecular formula is C29H35N3O5S. The van der Waals surface area contributed by atoms with Crippen molar-refractivity contribution in [3.05, 3.63) is 76.0 Å². The van der Waals surface area contributed by atoms with E-state index in [0.29, 0.717) is 43.3 Å². The number of benzene rings is 2. The molecule has 1 aromatic heterocycles. The van der Waals surface area contributed by atoms with Crippen LogP contribution in [0.25, 0.3) is 0 Å². The minimum atomic E-state index is -0.312. The van der Waals surface area contributed by atoms with E-state index in [2.05, 4.69) is 16.8 Å². The van der Waals surface area contributed by atoms with Crippen LogP contribution in [0.4, 0.5) is 10.5 Å². The number of anilines is 1. The Morgan fingerprint density at radius 1 is 1.08 bits per heavy atom. The molecular weight excluding hydrogens is 502 g/mol. The molecule has 38 heavy (non-hydrogen) atoms. The van der Waals surface area contributed by atoms with Gasteiger partial charge >= 0.3 is 6.03 Å². The normalized spacial score (nSPS) is 14.5. The molecule has 3 amide bonds. The van der Waals surface area contributed by atoms with Crippen molar-refractivity contribution in [2.45, 2.75) is 25.8 Å². The van der Waals surface area contributed by atoms with E-state index in [1.54, 1.807) is 30.5 Å². The minimum Gasteiger partial charge on any atom is -0.493 e. The van der Waals surface area contributed by atoms with Crippen molar-refractivity contribution in [1.29, 1.82) is 0 Å². The Bertz CT molecular complexity index is 1210. The van der Waals surface area contributed by atoms with Crippen molar-refractivity contribution in [2.75, 3.05) is 52.4 Å². The second-order valence-electron chi connectivity index (χ2n) is 9.18. The number of carbonyl (C=O) groups is 2. The third-order valence-electron chi connectivity index (χ3n) is 6.57. The number of aryl methyl sites for hydroxylation is 1. The highest BCUT2D eigenvalue weighted by Gasteiger charge is 2.33. The van der Waals surface area contributed by atoms with Crippen molar-refractivity contribution < 1.29 is 23.8 Å². The highest BCUT2D eigenvalue weighted by molar-refractivity contribution is 7.10. The number of hydrogen-bond acceptors (Lipinski definition) is 6. The van der Waals surface area contributed by atoms with Crippen LogP contribution in [0, 0.1) is 6.92 Å². The Hall–Kier alpha value is -3.56. The first-order chi connectivity index (χ1) is 18.5. The van der Waals surface area contributed by atoms with Gasteiger partial charge in [-0.2, -0.15) is 0 Å². The quantitative estimate of drug-likeness (QED) is 0.343. The van der Waals surface area contributed by atoms with E-state index in [4.69, 9.17) is 14.2 Å². The van der Waals surface area contributed by atoms with Crippen LogP contribution in [0.3, 0.4) is 0 Å². The van der Waals surface area contributed by atoms with Crippen LogP contribution in [-0.2, 0) is 16.0 Å². The third kappa shape index (κ3) is 6.85. The molecule has 0 bridgehead atoms. The van der Waals surface area contributed by atoms with Crippen LogP contribution in [-0.4, -0.2) is 68.8 Å². The smallest absolute Gasteiger partial charge is 0.322 e. The first-order valence-electron chi connectivity index (χ1n) is 12.7. The summed E-state index contributed by atoms with van der Waals surface area (Å²) in [5.41, 5.74) is 2.89. The lowest BCUT2D eigenvalue weighted by molar-refractivity contribution is -0.135. The highest BCUT2D eigenvalue weighted by Crippen LogP contribution is 2.35. The fourth-order valence-corrected chi connectivity index (χ4v) is 5.46. The van der Waals surface area contributed by atoms with Crippen LogP contribution in [0.2, 0.25) is 0 Å². The predicted molar refractivity (Wildman–Crippen MR) is 149 cm³/mol. The lowest BCUT2D eigenvalue weighted by atomic mass is 10.0. The molecule has 4 rings (SSSR count). The number of fused-ring (bicyclic) bond motifs is 1. The van der Waals surface area contributed by atoms with Gasteiger partial charge < -0.3 is 29.3 Å². The fraction of sp³-hybridized carbons (Fsp3) is 0.379. The molecule has 1 atom stereocenters. The second kappa shape index (κ2) is 13.3. The standard InChI is InChI=1S/C29H35N3O5S/c1-21-9-11-22(12-10-21)30-29(34)31(15-6-17-35-2)19-28(33)32-16-13-27-23(14-18-38-27)24(32)20-37-26-8-5-4-7-25(26)36-3/h4-5,7-12,14,18,24H,6,13,15-17,19-20H2,1-3H3,(H,30,34)/t24-/m0/s1. The summed E-state index contributed by atoms with van der Waals surface area (Å²) in [6.45, 7) is 3.71. The lowest BCUT2D eigenvalue weighted by Crippen LogP contribution is -2.49. The topological polar surface area (TPSA) is 80.3 Å². The molecule has 1 aliphatic rings. The number of nitrogens with zero attached hydrogens (tertiary/aromatic N) is 2. The van der Waals surface area contributed by atoms with E-state index in [0.717, 1.165) is 17.5 Å². The van der Waals surface area contributed by atoms with Gasteiger partial charge in [-0.1, -0.05) is 29.8 Å². The van der Waals surface area contributed by atoms with Crippen molar-refractivity contribution in [3.63, 3.8) is 0 Å². The van der Waals surface area contributed by atoms with Gasteiger partial charge in [0, 0.05) is 37.4 Å². The molecule has 8 nitrogen and oxygen atoms in total. The molecule has 0 unspecified atom stereocenters. The van der Waals surface area contributed by atoms with Crippen molar-refractivity contribution in [2.24, 2.45) is 0 Å². The largest absolute Gasteiger partial charge is 0.493 e. The van der Waals surface area contributed by atoms with E-state index >= 15 is 0 Å². The van der Waals surface area contributed by atoms with Gasteiger partial charge in [-0.05, 0) is 61.0 Å². The van der Waals surface area contributed by atoms with Gasteiger partial charge in [0.05, 0.1) is 13.2 Å². The number of hydrogen-bond donors (Lipinski definition) is 1. The Morgan fingerprint density at radius 2 is 1.84 bits per heavy atom. The summed E-state index contributed by atoms with van der Waals surface area (Å²) in [4.78, 5) is 31.6. The van der Waals surface area contributed by atoms with Crippen LogP contribution >= 0.6 is 11.3 Å². The van der Waals surface area contributed by atoms with E-state index in [1.807, 2.05) is 60.4 Å². The zero-order valence-corrected chi connectivity index (χ0v) is 23.0. The number of methoxy groups -OCH3 is 2. The van der Waals surface area contributed by atoms with Gasteiger partial charge in [0.15, 0.2) is 11.5 Å². The summed E-state index contributed by atoms with van der Waals surface area (Å²) < 4.78 is 16.8. The van der Waals surface area contributed by atoms with E-state index < -0.39 is 0 Å². The summed E-state index contributed by atoms with van der Waals surface area (Å²) in [5.74, 6) is 1.15. The maximum Gasteiger partial charge on any atom is 0.322 e. The zero-order valence-electron chi connectivity index (χ0n) is 22.1. The molecule has 0 spiro atoms. The van der Waals surface area contributed by atoms with Crippen LogP contribution in [0.15, 0.2) is 60.0 Å². The molecule has 9 heteroatoms. The second-order valence-corrected chi connectivity index (χ2v) is 10.2. The number of rotatable bonds is 11. The predicted octanol–water partition coefficient (Wildman–Crippen LogP) is 5.14. The summed E-state index contributed by atoms with van der Waals surface area (Å²) in [5, 5.41) is 4.98. The zero-order chi connectivity index (χ0) is 26.9. The van der Waals surface area contributed by atoms with Gasteiger partial charge in [-0.25, -0.2) is 4.79 Å². The molecule has 0 radical (unpaired) electrons. The van der Waals surface area contributed by atoms with Crippen molar-refractivity contribution in [3.8, 4) is 11.5 Å². The van der Waals surface area contributed by atoms with Crippen LogP contribution in [0.1, 0.15) is 28.5 Å². The summed E-state index contributed by atoms with van der Waals surface area (Å²) >= 11 is 1.70. The highest BCUT2D eigenvalue weighted by atomic mass is 32.1. The fourth-order valence-electron chi connectivity index (χ4n) is 4.53. The third-order valence-corrected chi connectivity index (χ3v) is 7.57. The molecule has 0 saturated heterocycles. The molecule has 0 saturated carbocycles. The number of ether oxygens (including phenoxy) is 3. The van der Waals surface area contributed by atoms with Gasteiger partial charge in [-0.15, -0.1) is 11.3 Å². The average molecular weight is 538 g/mol. The molecule has 3 aromatic rings. The summed E-state index contributed by atoms with van der Waals surface area (Å²) in [7, 11) is 3.23. The maximum absolute atomic E-state index is 13.7. The van der Waals surface area contributed by atoms with E-state index in [9.17, 15) is 9.59 Å². The molecule has 1 N–H and O–H groups in total. The number of amides is 3. The molecule has 2 aromatic carbocycles. The van der Waals surface area contributed by atoms with Crippen LogP contribution < -0.4 is 14.8 Å². The van der Waals surface area contributed by atoms with E-state index in [1.165, 1.54) is 4.88 Å². The van der Waals surface area contributed by atoms with Crippen molar-refractivity contribution >= 4 is 29.0 Å². The number of urea groups is 1. The molecule has 1 aliphatic heterocycles. The molecule has 2 heterocycles. The van der Waals surface area contributed by atoms with E-state index in [-0.39, 0.29) is 31.1 Å². The SMILES string of the molecule is COCCCN(CC(=O)N1CCc2sccc2[C@@H]1COc1ccccc1OC)C(=O)Nc1ccc(C)cc1. The molecule has 0 fully saturated rings. The first-order valence-corrected chi connectivity index (χ1v) is 13.6. The monoisotopic (exact) mass is 537 g/mol. The van der Waals surface area contributed by atoms with Gasteiger partial charge in [-0.3, -0.25) is 4.79 Å². The van der Waals surface area contributed by atoms with Gasteiger partial charge in [0.2, 0.25) is 5.91 Å². The number of thiophene rings is 1. The average Bonchev–Trinajstić information content (AvgIpc) is 3.42. The maximum atomic E-state index is 13.7. The van der Waals surface area contributed by atoms with Crippen molar-refractivity contribution in [1.82, 2.24) is 9.80 Å².